The summed E-state index contributed by atoms with van der Waals surface area (Å²) in [6, 6.07) is 9.79. The maximum Gasteiger partial charge on any atom is 0.278 e. The third-order valence-corrected chi connectivity index (χ3v) is 4.43. The van der Waals surface area contributed by atoms with Crippen molar-refractivity contribution in [1.82, 2.24) is 20.0 Å². The zero-order valence-corrected chi connectivity index (χ0v) is 16.2. The molecule has 142 valence electrons. The highest BCUT2D eigenvalue weighted by molar-refractivity contribution is 5.95. The van der Waals surface area contributed by atoms with Gasteiger partial charge in [-0.05, 0) is 44.5 Å². The Hall–Kier alpha value is -2.05. The minimum absolute atomic E-state index is 0. The zero-order valence-electron chi connectivity index (χ0n) is 15.4. The number of likely N-dealkylation sites (tertiary alicyclic amines) is 1. The number of ether oxygens (including phenoxy) is 1. The molecule has 1 aliphatic heterocycles. The minimum Gasteiger partial charge on any atom is -0.489 e. The molecule has 3 rings (SSSR count). The molecule has 2 heterocycles. The summed E-state index contributed by atoms with van der Waals surface area (Å²) >= 11 is 0. The van der Waals surface area contributed by atoms with Gasteiger partial charge in [0, 0.05) is 13.1 Å². The van der Waals surface area contributed by atoms with Crippen LogP contribution in [0.1, 0.15) is 30.3 Å². The van der Waals surface area contributed by atoms with Crippen LogP contribution in [0, 0.1) is 5.92 Å². The minimum atomic E-state index is -0.0422. The maximum atomic E-state index is 13.0. The summed E-state index contributed by atoms with van der Waals surface area (Å²) in [6.07, 6.45) is 3.72. The number of nitrogens with zero attached hydrogens (tertiary/aromatic N) is 3. The summed E-state index contributed by atoms with van der Waals surface area (Å²) in [5, 5.41) is 7.73. The molecular weight excluding hydrogens is 352 g/mol. The lowest BCUT2D eigenvalue weighted by molar-refractivity contribution is 0.0776. The molecule has 1 aromatic heterocycles. The van der Waals surface area contributed by atoms with Crippen molar-refractivity contribution in [2.75, 3.05) is 33.3 Å². The average Bonchev–Trinajstić information content (AvgIpc) is 3.28. The topological polar surface area (TPSA) is 59.4 Å². The number of rotatable bonds is 7. The van der Waals surface area contributed by atoms with Crippen molar-refractivity contribution in [2.45, 2.75) is 19.8 Å². The number of amides is 1. The van der Waals surface area contributed by atoms with E-state index in [2.05, 4.69) is 10.4 Å². The number of benzene rings is 1. The van der Waals surface area contributed by atoms with Crippen LogP contribution in [0.25, 0.3) is 5.69 Å². The van der Waals surface area contributed by atoms with E-state index in [1.807, 2.05) is 49.2 Å². The number of para-hydroxylation sites is 1. The molecule has 1 aliphatic rings. The van der Waals surface area contributed by atoms with Gasteiger partial charge in [-0.25, -0.2) is 4.68 Å². The molecule has 26 heavy (non-hydrogen) atoms. The predicted octanol–water partition coefficient (Wildman–Crippen LogP) is 2.76. The number of aromatic nitrogens is 2. The number of nitrogens with one attached hydrogen (secondary N) is 1. The second-order valence-corrected chi connectivity index (χ2v) is 6.43. The zero-order chi connectivity index (χ0) is 17.6. The summed E-state index contributed by atoms with van der Waals surface area (Å²) in [6.45, 7) is 5.10. The molecule has 2 aromatic rings. The lowest BCUT2D eigenvalue weighted by Gasteiger charge is -2.16. The molecule has 0 aliphatic carbocycles. The molecule has 1 atom stereocenters. The highest BCUT2D eigenvalue weighted by Crippen LogP contribution is 2.24. The van der Waals surface area contributed by atoms with Crippen LogP contribution < -0.4 is 10.1 Å². The Morgan fingerprint density at radius 1 is 1.35 bits per heavy atom. The van der Waals surface area contributed by atoms with Crippen molar-refractivity contribution in [3.8, 4) is 11.4 Å². The Labute approximate surface area is 160 Å². The number of hydrogen-bond donors (Lipinski definition) is 1. The lowest BCUT2D eigenvalue weighted by atomic mass is 10.1. The first-order chi connectivity index (χ1) is 12.2. The first-order valence-corrected chi connectivity index (χ1v) is 8.94. The number of halogens is 1. The third kappa shape index (κ3) is 4.56. The van der Waals surface area contributed by atoms with Crippen molar-refractivity contribution >= 4 is 18.3 Å². The number of carbonyl (C=O) groups excluding carboxylic acids is 1. The van der Waals surface area contributed by atoms with Crippen LogP contribution in [0.4, 0.5) is 0 Å². The van der Waals surface area contributed by atoms with Crippen molar-refractivity contribution in [3.63, 3.8) is 0 Å². The Balaban J connectivity index is 0.00000243. The Morgan fingerprint density at radius 3 is 2.81 bits per heavy atom. The van der Waals surface area contributed by atoms with Crippen LogP contribution in [-0.2, 0) is 0 Å². The fraction of sp³-hybridized carbons (Fsp3) is 0.474. The Bertz CT molecular complexity index is 705. The molecule has 1 N–H and O–H groups in total. The van der Waals surface area contributed by atoms with Gasteiger partial charge in [0.1, 0.15) is 0 Å². The Kier molecular flexibility index (Phi) is 7.48. The van der Waals surface area contributed by atoms with E-state index < -0.39 is 0 Å². The van der Waals surface area contributed by atoms with Crippen LogP contribution in [-0.4, -0.2) is 53.9 Å². The standard InChI is InChI=1S/C19H26N4O2.ClH/c1-3-11-25-17-14-23(16-7-5-4-6-8-16)21-18(17)19(24)22-10-9-15(13-22)12-20-2;/h4-8,14-15,20H,3,9-13H2,1-2H3;1H. The van der Waals surface area contributed by atoms with E-state index in [1.165, 1.54) is 0 Å². The number of hydrogen-bond acceptors (Lipinski definition) is 4. The van der Waals surface area contributed by atoms with Gasteiger partial charge in [-0.3, -0.25) is 4.79 Å². The quantitative estimate of drug-likeness (QED) is 0.804. The van der Waals surface area contributed by atoms with Crippen LogP contribution in [0.3, 0.4) is 0 Å². The van der Waals surface area contributed by atoms with Gasteiger partial charge in [0.05, 0.1) is 18.5 Å². The van der Waals surface area contributed by atoms with Gasteiger partial charge in [-0.15, -0.1) is 12.4 Å². The summed E-state index contributed by atoms with van der Waals surface area (Å²) in [7, 11) is 1.95. The monoisotopic (exact) mass is 378 g/mol. The summed E-state index contributed by atoms with van der Waals surface area (Å²) in [5.41, 5.74) is 1.32. The molecule has 7 heteroatoms. The van der Waals surface area contributed by atoms with Gasteiger partial charge >= 0.3 is 0 Å². The van der Waals surface area contributed by atoms with E-state index >= 15 is 0 Å². The normalized spacial score (nSPS) is 16.4. The average molecular weight is 379 g/mol. The van der Waals surface area contributed by atoms with Gasteiger partial charge in [0.25, 0.3) is 5.91 Å². The SMILES string of the molecule is CCCOc1cn(-c2ccccc2)nc1C(=O)N1CCC(CNC)C1.Cl. The molecule has 6 nitrogen and oxygen atoms in total. The van der Waals surface area contributed by atoms with Gasteiger partial charge in [-0.2, -0.15) is 5.10 Å². The van der Waals surface area contributed by atoms with E-state index in [9.17, 15) is 4.79 Å². The van der Waals surface area contributed by atoms with E-state index in [4.69, 9.17) is 4.74 Å². The second-order valence-electron chi connectivity index (χ2n) is 6.43. The lowest BCUT2D eigenvalue weighted by Crippen LogP contribution is -2.31. The molecule has 1 saturated heterocycles. The van der Waals surface area contributed by atoms with Gasteiger partial charge < -0.3 is 15.0 Å². The third-order valence-electron chi connectivity index (χ3n) is 4.43. The molecule has 1 aromatic carbocycles. The smallest absolute Gasteiger partial charge is 0.278 e. The van der Waals surface area contributed by atoms with Crippen molar-refractivity contribution in [1.29, 1.82) is 0 Å². The van der Waals surface area contributed by atoms with E-state index in [0.29, 0.717) is 24.0 Å². The van der Waals surface area contributed by atoms with Gasteiger partial charge in [-0.1, -0.05) is 25.1 Å². The summed E-state index contributed by atoms with van der Waals surface area (Å²) in [5.74, 6) is 1.03. The molecule has 1 fully saturated rings. The predicted molar refractivity (Wildman–Crippen MR) is 105 cm³/mol. The number of carbonyl (C=O) groups is 1. The first kappa shape index (κ1) is 20.3. The summed E-state index contributed by atoms with van der Waals surface area (Å²) in [4.78, 5) is 14.9. The fourth-order valence-corrected chi connectivity index (χ4v) is 3.16. The highest BCUT2D eigenvalue weighted by Gasteiger charge is 2.30. The molecular formula is C19H27ClN4O2. The molecule has 0 spiro atoms. The van der Waals surface area contributed by atoms with Crippen LogP contribution in [0.15, 0.2) is 36.5 Å². The Morgan fingerprint density at radius 2 is 2.12 bits per heavy atom. The fourth-order valence-electron chi connectivity index (χ4n) is 3.16. The molecule has 1 unspecified atom stereocenters. The van der Waals surface area contributed by atoms with Crippen LogP contribution >= 0.6 is 12.4 Å². The van der Waals surface area contributed by atoms with Crippen LogP contribution in [0.5, 0.6) is 5.75 Å². The maximum absolute atomic E-state index is 13.0. The van der Waals surface area contributed by atoms with Crippen molar-refractivity contribution in [2.24, 2.45) is 5.92 Å². The van der Waals surface area contributed by atoms with Crippen LogP contribution in [0.2, 0.25) is 0 Å². The molecule has 0 saturated carbocycles. The highest BCUT2D eigenvalue weighted by atomic mass is 35.5. The van der Waals surface area contributed by atoms with E-state index in [0.717, 1.165) is 38.2 Å². The first-order valence-electron chi connectivity index (χ1n) is 8.94. The van der Waals surface area contributed by atoms with Crippen molar-refractivity contribution in [3.05, 3.63) is 42.2 Å². The molecule has 1 amide bonds. The van der Waals surface area contributed by atoms with Crippen molar-refractivity contribution < 1.29 is 9.53 Å². The molecule has 0 bridgehead atoms. The van der Waals surface area contributed by atoms with E-state index in [-0.39, 0.29) is 18.3 Å². The largest absolute Gasteiger partial charge is 0.489 e. The van der Waals surface area contributed by atoms with Gasteiger partial charge in [0.15, 0.2) is 11.4 Å². The second kappa shape index (κ2) is 9.59. The van der Waals surface area contributed by atoms with E-state index in [1.54, 1.807) is 10.9 Å². The molecule has 0 radical (unpaired) electrons. The summed E-state index contributed by atoms with van der Waals surface area (Å²) < 4.78 is 7.52. The van der Waals surface area contributed by atoms with Gasteiger partial charge in [0.2, 0.25) is 0 Å².